The topological polar surface area (TPSA) is 0 Å². The molecule has 0 N–H and O–H groups in total. The van der Waals surface area contributed by atoms with Crippen molar-refractivity contribution >= 4 is 23.2 Å². The molecule has 0 saturated heterocycles. The molecule has 0 amide bonds. The van der Waals surface area contributed by atoms with E-state index in [0.717, 1.165) is 12.8 Å². The summed E-state index contributed by atoms with van der Waals surface area (Å²) in [6, 6.07) is 4.72. The fraction of sp³-hybridized carbons (Fsp3) is 0.500. The van der Waals surface area contributed by atoms with Gasteiger partial charge in [0, 0.05) is 10.9 Å². The zero-order valence-electron chi connectivity index (χ0n) is 8.40. The first-order valence-electron chi connectivity index (χ1n) is 5.15. The third-order valence-electron chi connectivity index (χ3n) is 3.27. The van der Waals surface area contributed by atoms with Gasteiger partial charge in [0.15, 0.2) is 0 Å². The standard InChI is InChI=1S/C12H13Cl2F/c13-8-12(4-1-5-12)7-9-6-10(14)2-3-11(9)15/h2-3,6H,1,4-5,7-8H2. The molecule has 15 heavy (non-hydrogen) atoms. The van der Waals surface area contributed by atoms with Crippen LogP contribution in [0.3, 0.4) is 0 Å². The predicted molar refractivity (Wildman–Crippen MR) is 62.1 cm³/mol. The van der Waals surface area contributed by atoms with E-state index < -0.39 is 0 Å². The van der Waals surface area contributed by atoms with Crippen molar-refractivity contribution in [3.63, 3.8) is 0 Å². The number of benzene rings is 1. The summed E-state index contributed by atoms with van der Waals surface area (Å²) in [5.74, 6) is 0.440. The molecule has 1 fully saturated rings. The number of halogens is 3. The molecule has 1 aliphatic rings. The maximum atomic E-state index is 13.5. The zero-order chi connectivity index (χ0) is 10.9. The van der Waals surface area contributed by atoms with Crippen molar-refractivity contribution in [2.75, 3.05) is 5.88 Å². The molecule has 1 aromatic carbocycles. The van der Waals surface area contributed by atoms with E-state index in [1.54, 1.807) is 12.1 Å². The smallest absolute Gasteiger partial charge is 0.126 e. The second-order valence-electron chi connectivity index (χ2n) is 4.40. The average Bonchev–Trinajstić information content (AvgIpc) is 2.17. The minimum absolute atomic E-state index is 0.118. The summed E-state index contributed by atoms with van der Waals surface area (Å²) in [6.07, 6.45) is 4.11. The van der Waals surface area contributed by atoms with E-state index in [1.165, 1.54) is 12.5 Å². The highest BCUT2D eigenvalue weighted by Crippen LogP contribution is 2.45. The van der Waals surface area contributed by atoms with Crippen molar-refractivity contribution in [2.24, 2.45) is 5.41 Å². The van der Waals surface area contributed by atoms with Crippen molar-refractivity contribution < 1.29 is 4.39 Å². The average molecular weight is 247 g/mol. The van der Waals surface area contributed by atoms with Gasteiger partial charge in [-0.05, 0) is 48.4 Å². The van der Waals surface area contributed by atoms with Gasteiger partial charge >= 0.3 is 0 Å². The lowest BCUT2D eigenvalue weighted by atomic mass is 9.67. The van der Waals surface area contributed by atoms with E-state index in [9.17, 15) is 4.39 Å². The summed E-state index contributed by atoms with van der Waals surface area (Å²) < 4.78 is 13.5. The van der Waals surface area contributed by atoms with Crippen LogP contribution in [0.4, 0.5) is 4.39 Å². The molecule has 0 unspecified atom stereocenters. The highest BCUT2D eigenvalue weighted by Gasteiger charge is 2.36. The third-order valence-corrected chi connectivity index (χ3v) is 4.07. The Labute approximate surface area is 99.4 Å². The van der Waals surface area contributed by atoms with Crippen LogP contribution in [0.1, 0.15) is 24.8 Å². The molecule has 3 heteroatoms. The van der Waals surface area contributed by atoms with E-state index in [0.29, 0.717) is 22.9 Å². The Kier molecular flexibility index (Phi) is 3.22. The molecule has 0 radical (unpaired) electrons. The number of hydrogen-bond donors (Lipinski definition) is 0. The first kappa shape index (κ1) is 11.2. The van der Waals surface area contributed by atoms with Gasteiger partial charge in [-0.3, -0.25) is 0 Å². The Morgan fingerprint density at radius 1 is 1.33 bits per heavy atom. The molecule has 0 nitrogen and oxygen atoms in total. The molecule has 2 rings (SSSR count). The fourth-order valence-electron chi connectivity index (χ4n) is 2.12. The molecule has 0 heterocycles. The van der Waals surface area contributed by atoms with Crippen molar-refractivity contribution in [2.45, 2.75) is 25.7 Å². The lowest BCUT2D eigenvalue weighted by Crippen LogP contribution is -2.33. The molecule has 0 bridgehead atoms. The minimum Gasteiger partial charge on any atom is -0.207 e. The molecular weight excluding hydrogens is 234 g/mol. The molecule has 0 aliphatic heterocycles. The first-order chi connectivity index (χ1) is 7.15. The Morgan fingerprint density at radius 2 is 2.07 bits per heavy atom. The molecular formula is C12H13Cl2F. The normalized spacial score (nSPS) is 18.6. The van der Waals surface area contributed by atoms with E-state index in [2.05, 4.69) is 0 Å². The van der Waals surface area contributed by atoms with Gasteiger partial charge in [-0.2, -0.15) is 0 Å². The van der Waals surface area contributed by atoms with Gasteiger partial charge in [0.25, 0.3) is 0 Å². The lowest BCUT2D eigenvalue weighted by molar-refractivity contribution is 0.164. The van der Waals surface area contributed by atoms with Gasteiger partial charge in [-0.1, -0.05) is 18.0 Å². The Morgan fingerprint density at radius 3 is 2.60 bits per heavy atom. The largest absolute Gasteiger partial charge is 0.207 e. The monoisotopic (exact) mass is 246 g/mol. The summed E-state index contributed by atoms with van der Waals surface area (Å²) >= 11 is 11.8. The van der Waals surface area contributed by atoms with Crippen LogP contribution < -0.4 is 0 Å². The van der Waals surface area contributed by atoms with Gasteiger partial charge in [0.05, 0.1) is 0 Å². The maximum Gasteiger partial charge on any atom is 0.126 e. The van der Waals surface area contributed by atoms with Crippen LogP contribution in [0.25, 0.3) is 0 Å². The van der Waals surface area contributed by atoms with E-state index >= 15 is 0 Å². The zero-order valence-corrected chi connectivity index (χ0v) is 9.91. The van der Waals surface area contributed by atoms with Crippen molar-refractivity contribution in [3.8, 4) is 0 Å². The van der Waals surface area contributed by atoms with Crippen LogP contribution in [0.15, 0.2) is 18.2 Å². The molecule has 0 aromatic heterocycles. The van der Waals surface area contributed by atoms with E-state index in [4.69, 9.17) is 23.2 Å². The maximum absolute atomic E-state index is 13.5. The third kappa shape index (κ3) is 2.29. The van der Waals surface area contributed by atoms with Gasteiger partial charge in [-0.25, -0.2) is 4.39 Å². The van der Waals surface area contributed by atoms with Gasteiger partial charge < -0.3 is 0 Å². The molecule has 0 spiro atoms. The Bertz CT molecular complexity index is 353. The van der Waals surface area contributed by atoms with Crippen molar-refractivity contribution in [1.82, 2.24) is 0 Å². The van der Waals surface area contributed by atoms with Gasteiger partial charge in [0.1, 0.15) is 5.82 Å². The summed E-state index contributed by atoms with van der Waals surface area (Å²) in [6.45, 7) is 0. The fourth-order valence-corrected chi connectivity index (χ4v) is 2.67. The van der Waals surface area contributed by atoms with Crippen LogP contribution in [0.5, 0.6) is 0 Å². The SMILES string of the molecule is Fc1ccc(Cl)cc1CC1(CCl)CCC1. The van der Waals surface area contributed by atoms with Crippen LogP contribution in [-0.2, 0) is 6.42 Å². The first-order valence-corrected chi connectivity index (χ1v) is 6.06. The number of hydrogen-bond acceptors (Lipinski definition) is 0. The Hall–Kier alpha value is -0.270. The van der Waals surface area contributed by atoms with Gasteiger partial charge in [0.2, 0.25) is 0 Å². The highest BCUT2D eigenvalue weighted by molar-refractivity contribution is 6.30. The van der Waals surface area contributed by atoms with Crippen LogP contribution in [-0.4, -0.2) is 5.88 Å². The van der Waals surface area contributed by atoms with Crippen LogP contribution in [0.2, 0.25) is 5.02 Å². The molecule has 1 aromatic rings. The molecule has 1 saturated carbocycles. The summed E-state index contributed by atoms with van der Waals surface area (Å²) in [7, 11) is 0. The molecule has 82 valence electrons. The van der Waals surface area contributed by atoms with E-state index in [-0.39, 0.29) is 11.2 Å². The summed E-state index contributed by atoms with van der Waals surface area (Å²) in [5.41, 5.74) is 0.815. The lowest BCUT2D eigenvalue weighted by Gasteiger charge is -2.40. The van der Waals surface area contributed by atoms with Gasteiger partial charge in [-0.15, -0.1) is 11.6 Å². The quantitative estimate of drug-likeness (QED) is 0.693. The second-order valence-corrected chi connectivity index (χ2v) is 5.10. The van der Waals surface area contributed by atoms with Crippen molar-refractivity contribution in [1.29, 1.82) is 0 Å². The molecule has 1 aliphatic carbocycles. The minimum atomic E-state index is -0.171. The second kappa shape index (κ2) is 4.31. The molecule has 0 atom stereocenters. The number of alkyl halides is 1. The summed E-state index contributed by atoms with van der Waals surface area (Å²) in [4.78, 5) is 0. The van der Waals surface area contributed by atoms with Crippen LogP contribution in [0, 0.1) is 11.2 Å². The highest BCUT2D eigenvalue weighted by atomic mass is 35.5. The number of rotatable bonds is 3. The van der Waals surface area contributed by atoms with Crippen molar-refractivity contribution in [3.05, 3.63) is 34.6 Å². The Balaban J connectivity index is 2.19. The predicted octanol–water partition coefficient (Wildman–Crippen LogP) is 4.43. The van der Waals surface area contributed by atoms with Crippen LogP contribution >= 0.6 is 23.2 Å². The summed E-state index contributed by atoms with van der Waals surface area (Å²) in [5, 5.41) is 0.593. The van der Waals surface area contributed by atoms with E-state index in [1.807, 2.05) is 0 Å².